The van der Waals surface area contributed by atoms with Crippen LogP contribution in [0.25, 0.3) is 0 Å². The van der Waals surface area contributed by atoms with Gasteiger partial charge in [-0.15, -0.1) is 0 Å². The molecule has 1 aromatic rings. The zero-order chi connectivity index (χ0) is 16.1. The van der Waals surface area contributed by atoms with E-state index in [1.54, 1.807) is 18.2 Å². The number of halogens is 5. The Hall–Kier alpha value is 1.81. The molecular formula is C12H14Br3Cl2O2PS. The summed E-state index contributed by atoms with van der Waals surface area (Å²) in [6, 6.07) is 5.16. The van der Waals surface area contributed by atoms with E-state index < -0.39 is 8.63 Å². The van der Waals surface area contributed by atoms with Crippen LogP contribution in [0.1, 0.15) is 19.8 Å². The molecule has 0 radical (unpaired) electrons. The highest BCUT2D eigenvalue weighted by Crippen LogP contribution is 2.51. The van der Waals surface area contributed by atoms with E-state index in [9.17, 15) is 0 Å². The second-order valence-electron chi connectivity index (χ2n) is 4.17. The Morgan fingerprint density at radius 2 is 1.90 bits per heavy atom. The van der Waals surface area contributed by atoms with Gasteiger partial charge in [0.15, 0.2) is 2.14 Å². The molecule has 0 aliphatic rings. The standard InChI is InChI=1S/C12H14Br3Cl2O2PS/c1-2-3-6-18-20(21,19-8-12(13,14)15)11-5-4-9(16)7-10(11)17/h4-5,7H,2-3,6,8H2,1H3. The fourth-order valence-electron chi connectivity index (χ4n) is 1.37. The number of alkyl halides is 3. The van der Waals surface area contributed by atoms with E-state index in [0.717, 1.165) is 12.8 Å². The molecule has 1 aromatic carbocycles. The normalized spacial score (nSPS) is 15.0. The molecule has 1 atom stereocenters. The maximum Gasteiger partial charge on any atom is 0.221 e. The largest absolute Gasteiger partial charge is 0.326 e. The number of hydrogen-bond donors (Lipinski definition) is 0. The Balaban J connectivity index is 3.02. The summed E-state index contributed by atoms with van der Waals surface area (Å²) in [5.41, 5.74) is 0. The number of rotatable bonds is 7. The van der Waals surface area contributed by atoms with E-state index in [4.69, 9.17) is 44.1 Å². The molecule has 0 bridgehead atoms. The van der Waals surface area contributed by atoms with E-state index in [2.05, 4.69) is 54.7 Å². The van der Waals surface area contributed by atoms with E-state index >= 15 is 0 Å². The molecule has 0 aliphatic heterocycles. The Bertz CT molecular complexity index is 526. The first-order valence-electron chi connectivity index (χ1n) is 6.09. The molecule has 0 heterocycles. The molecule has 0 N–H and O–H groups in total. The average Bonchev–Trinajstić information content (AvgIpc) is 2.36. The molecular weight excluding hydrogens is 550 g/mol. The van der Waals surface area contributed by atoms with Crippen molar-refractivity contribution < 1.29 is 9.05 Å². The van der Waals surface area contributed by atoms with Gasteiger partial charge in [-0.25, -0.2) is 0 Å². The smallest absolute Gasteiger partial charge is 0.221 e. The van der Waals surface area contributed by atoms with Crippen molar-refractivity contribution in [2.45, 2.75) is 21.9 Å². The van der Waals surface area contributed by atoms with Crippen LogP contribution in [0.2, 0.25) is 10.0 Å². The van der Waals surface area contributed by atoms with Gasteiger partial charge in [0.05, 0.1) is 23.5 Å². The summed E-state index contributed by atoms with van der Waals surface area (Å²) in [6.07, 6.45) is 1.93. The van der Waals surface area contributed by atoms with Crippen LogP contribution in [0, 0.1) is 0 Å². The Kier molecular flexibility index (Phi) is 9.27. The van der Waals surface area contributed by atoms with Crippen LogP contribution < -0.4 is 5.30 Å². The molecule has 21 heavy (non-hydrogen) atoms. The van der Waals surface area contributed by atoms with Gasteiger partial charge in [0, 0.05) is 5.02 Å². The molecule has 0 saturated carbocycles. The van der Waals surface area contributed by atoms with Crippen molar-refractivity contribution in [1.82, 2.24) is 0 Å². The summed E-state index contributed by atoms with van der Waals surface area (Å²) < 4.78 is 11.2. The number of benzene rings is 1. The fraction of sp³-hybridized carbons (Fsp3) is 0.500. The minimum atomic E-state index is -2.70. The summed E-state index contributed by atoms with van der Waals surface area (Å²) in [5.74, 6) is 0. The predicted octanol–water partition coefficient (Wildman–Crippen LogP) is 6.60. The summed E-state index contributed by atoms with van der Waals surface area (Å²) in [5, 5.41) is 1.69. The van der Waals surface area contributed by atoms with Crippen LogP contribution in [-0.2, 0) is 20.9 Å². The molecule has 0 amide bonds. The molecule has 0 fully saturated rings. The van der Waals surface area contributed by atoms with E-state index in [1.807, 2.05) is 0 Å². The average molecular weight is 564 g/mol. The summed E-state index contributed by atoms with van der Waals surface area (Å²) in [6.45, 7) is 0.192. The van der Waals surface area contributed by atoms with Gasteiger partial charge in [-0.2, -0.15) is 0 Å². The van der Waals surface area contributed by atoms with E-state index in [1.165, 1.54) is 0 Å². The molecule has 9 heteroatoms. The fourth-order valence-corrected chi connectivity index (χ4v) is 5.66. The maximum atomic E-state index is 6.26. The van der Waals surface area contributed by atoms with Crippen LogP contribution in [-0.4, -0.2) is 15.4 Å². The molecule has 0 saturated heterocycles. The van der Waals surface area contributed by atoms with Crippen molar-refractivity contribution in [3.63, 3.8) is 0 Å². The second kappa shape index (κ2) is 9.33. The molecule has 0 aliphatic carbocycles. The van der Waals surface area contributed by atoms with Crippen LogP contribution in [0.5, 0.6) is 0 Å². The third kappa shape index (κ3) is 7.49. The summed E-state index contributed by atoms with van der Waals surface area (Å²) in [4.78, 5) is 0. The van der Waals surface area contributed by atoms with Gasteiger partial charge in [-0.1, -0.05) is 84.3 Å². The summed E-state index contributed by atoms with van der Waals surface area (Å²) in [7, 11) is 0. The first kappa shape index (κ1) is 20.9. The minimum absolute atomic E-state index is 0.273. The van der Waals surface area contributed by atoms with Crippen LogP contribution in [0.15, 0.2) is 18.2 Å². The molecule has 1 unspecified atom stereocenters. The van der Waals surface area contributed by atoms with Gasteiger partial charge in [0.1, 0.15) is 0 Å². The van der Waals surface area contributed by atoms with Crippen molar-refractivity contribution >= 4 is 94.6 Å². The third-order valence-corrected chi connectivity index (χ3v) is 6.92. The SMILES string of the molecule is CCCCOP(=S)(OCC(Br)(Br)Br)c1ccc(Cl)cc1Cl. The van der Waals surface area contributed by atoms with Gasteiger partial charge in [0.2, 0.25) is 6.49 Å². The topological polar surface area (TPSA) is 18.5 Å². The third-order valence-electron chi connectivity index (χ3n) is 2.36. The maximum absolute atomic E-state index is 6.26. The van der Waals surface area contributed by atoms with Gasteiger partial charge in [-0.3, -0.25) is 0 Å². The van der Waals surface area contributed by atoms with Gasteiger partial charge in [-0.05, 0) is 36.4 Å². The lowest BCUT2D eigenvalue weighted by Crippen LogP contribution is -2.17. The number of unbranched alkanes of at least 4 members (excludes halogenated alkanes) is 1. The van der Waals surface area contributed by atoms with Crippen molar-refractivity contribution in [1.29, 1.82) is 0 Å². The van der Waals surface area contributed by atoms with Crippen LogP contribution >= 0.6 is 77.5 Å². The van der Waals surface area contributed by atoms with Gasteiger partial charge >= 0.3 is 0 Å². The van der Waals surface area contributed by atoms with Crippen molar-refractivity contribution in [3.8, 4) is 0 Å². The van der Waals surface area contributed by atoms with Gasteiger partial charge in [0.25, 0.3) is 0 Å². The van der Waals surface area contributed by atoms with Crippen molar-refractivity contribution in [3.05, 3.63) is 28.2 Å². The van der Waals surface area contributed by atoms with E-state index in [-0.39, 0.29) is 6.61 Å². The minimum Gasteiger partial charge on any atom is -0.326 e. The van der Waals surface area contributed by atoms with E-state index in [0.29, 0.717) is 22.0 Å². The zero-order valence-corrected chi connectivity index (χ0v) is 19.1. The van der Waals surface area contributed by atoms with Gasteiger partial charge < -0.3 is 9.05 Å². The highest BCUT2D eigenvalue weighted by molar-refractivity contribution is 9.39. The Labute approximate surface area is 165 Å². The lowest BCUT2D eigenvalue weighted by Gasteiger charge is -2.25. The Morgan fingerprint density at radius 1 is 1.24 bits per heavy atom. The molecule has 2 nitrogen and oxygen atoms in total. The van der Waals surface area contributed by atoms with Crippen LogP contribution in [0.4, 0.5) is 0 Å². The second-order valence-corrected chi connectivity index (χ2v) is 15.7. The zero-order valence-electron chi connectivity index (χ0n) is 11.1. The molecule has 120 valence electrons. The first-order chi connectivity index (χ1) is 9.68. The van der Waals surface area contributed by atoms with Crippen molar-refractivity contribution in [2.24, 2.45) is 0 Å². The highest BCUT2D eigenvalue weighted by atomic mass is 80.0. The lowest BCUT2D eigenvalue weighted by atomic mass is 10.4. The number of hydrogen-bond acceptors (Lipinski definition) is 3. The Morgan fingerprint density at radius 3 is 2.43 bits per heavy atom. The monoisotopic (exact) mass is 560 g/mol. The predicted molar refractivity (Wildman–Crippen MR) is 107 cm³/mol. The molecule has 0 aromatic heterocycles. The first-order valence-corrected chi connectivity index (χ1v) is 11.9. The molecule has 1 rings (SSSR count). The van der Waals surface area contributed by atoms with Crippen molar-refractivity contribution in [2.75, 3.05) is 13.2 Å². The summed E-state index contributed by atoms with van der Waals surface area (Å²) >= 11 is 28.0. The quantitative estimate of drug-likeness (QED) is 0.212. The molecule has 0 spiro atoms. The van der Waals surface area contributed by atoms with Crippen LogP contribution in [0.3, 0.4) is 0 Å². The lowest BCUT2D eigenvalue weighted by molar-refractivity contribution is 0.258. The highest BCUT2D eigenvalue weighted by Gasteiger charge is 2.29.